The van der Waals surface area contributed by atoms with Crippen LogP contribution in [0.15, 0.2) is 5.38 Å². The molecule has 0 amide bonds. The van der Waals surface area contributed by atoms with Crippen molar-refractivity contribution in [2.75, 3.05) is 13.2 Å². The molecule has 0 aliphatic heterocycles. The first-order valence-corrected chi connectivity index (χ1v) is 6.48. The molecular formula is C12H22N2OS. The summed E-state index contributed by atoms with van der Waals surface area (Å²) < 4.78 is 5.39. The topological polar surface area (TPSA) is 48.1 Å². The summed E-state index contributed by atoms with van der Waals surface area (Å²) in [6.45, 7) is 11.6. The van der Waals surface area contributed by atoms with Crippen LogP contribution in [0.3, 0.4) is 0 Å². The fourth-order valence-corrected chi connectivity index (χ4v) is 2.37. The van der Waals surface area contributed by atoms with Gasteiger partial charge in [-0.15, -0.1) is 11.3 Å². The first kappa shape index (κ1) is 13.6. The van der Waals surface area contributed by atoms with Crippen LogP contribution in [0.2, 0.25) is 0 Å². The molecule has 0 radical (unpaired) electrons. The number of hydrogen-bond acceptors (Lipinski definition) is 4. The monoisotopic (exact) mass is 242 g/mol. The average molecular weight is 242 g/mol. The Morgan fingerprint density at radius 1 is 1.38 bits per heavy atom. The lowest BCUT2D eigenvalue weighted by molar-refractivity contribution is 0.101. The third kappa shape index (κ3) is 3.27. The lowest BCUT2D eigenvalue weighted by atomic mass is 9.93. The molecule has 1 heterocycles. The Labute approximate surface area is 102 Å². The normalized spacial score (nSPS) is 16.1. The Kier molecular flexibility index (Phi) is 4.10. The molecule has 1 aromatic rings. The standard InChI is InChI=1S/C12H22N2OS/c1-6-15-8-12(5,13)10-14-9(7-16-10)11(2,3)4/h7H,6,8,13H2,1-5H3. The van der Waals surface area contributed by atoms with E-state index in [2.05, 4.69) is 31.1 Å². The van der Waals surface area contributed by atoms with Crippen molar-refractivity contribution in [3.8, 4) is 0 Å². The fraction of sp³-hybridized carbons (Fsp3) is 0.750. The zero-order valence-corrected chi connectivity index (χ0v) is 11.6. The van der Waals surface area contributed by atoms with Crippen LogP contribution in [-0.4, -0.2) is 18.2 Å². The molecular weight excluding hydrogens is 220 g/mol. The molecule has 0 saturated heterocycles. The fourth-order valence-electron chi connectivity index (χ4n) is 1.26. The first-order valence-electron chi connectivity index (χ1n) is 5.60. The summed E-state index contributed by atoms with van der Waals surface area (Å²) in [5.74, 6) is 0. The molecule has 1 unspecified atom stereocenters. The Bertz CT molecular complexity index is 339. The summed E-state index contributed by atoms with van der Waals surface area (Å²) >= 11 is 1.62. The lowest BCUT2D eigenvalue weighted by Crippen LogP contribution is -2.38. The molecule has 92 valence electrons. The number of nitrogens with zero attached hydrogens (tertiary/aromatic N) is 1. The van der Waals surface area contributed by atoms with Gasteiger partial charge >= 0.3 is 0 Å². The molecule has 1 rings (SSSR count). The number of nitrogens with two attached hydrogens (primary N) is 1. The molecule has 1 aromatic heterocycles. The van der Waals surface area contributed by atoms with Crippen LogP contribution in [0.1, 0.15) is 45.3 Å². The maximum Gasteiger partial charge on any atom is 0.115 e. The smallest absolute Gasteiger partial charge is 0.115 e. The SMILES string of the molecule is CCOCC(C)(N)c1nc(C(C)(C)C)cs1. The molecule has 0 saturated carbocycles. The molecule has 0 aliphatic carbocycles. The maximum absolute atomic E-state index is 6.20. The molecule has 4 heteroatoms. The van der Waals surface area contributed by atoms with Crippen LogP contribution in [0.25, 0.3) is 0 Å². The van der Waals surface area contributed by atoms with Gasteiger partial charge in [0.05, 0.1) is 17.8 Å². The van der Waals surface area contributed by atoms with Gasteiger partial charge in [0.15, 0.2) is 0 Å². The van der Waals surface area contributed by atoms with E-state index in [1.165, 1.54) is 0 Å². The Hall–Kier alpha value is -0.450. The number of hydrogen-bond donors (Lipinski definition) is 1. The Balaban J connectivity index is 2.84. The van der Waals surface area contributed by atoms with Crippen LogP contribution in [0.5, 0.6) is 0 Å². The largest absolute Gasteiger partial charge is 0.379 e. The molecule has 0 bridgehead atoms. The number of ether oxygens (including phenoxy) is 1. The number of rotatable bonds is 4. The van der Waals surface area contributed by atoms with E-state index in [9.17, 15) is 0 Å². The molecule has 0 spiro atoms. The van der Waals surface area contributed by atoms with Gasteiger partial charge in [-0.25, -0.2) is 4.98 Å². The Morgan fingerprint density at radius 3 is 2.44 bits per heavy atom. The highest BCUT2D eigenvalue weighted by atomic mass is 32.1. The second kappa shape index (κ2) is 4.82. The van der Waals surface area contributed by atoms with Crippen molar-refractivity contribution in [3.63, 3.8) is 0 Å². The lowest BCUT2D eigenvalue weighted by Gasteiger charge is -2.22. The van der Waals surface area contributed by atoms with E-state index in [0.717, 1.165) is 10.7 Å². The quantitative estimate of drug-likeness (QED) is 0.883. The van der Waals surface area contributed by atoms with Gasteiger partial charge in [-0.1, -0.05) is 20.8 Å². The van der Waals surface area contributed by atoms with Crippen molar-refractivity contribution in [3.05, 3.63) is 16.1 Å². The van der Waals surface area contributed by atoms with Gasteiger partial charge in [-0.3, -0.25) is 0 Å². The van der Waals surface area contributed by atoms with Gasteiger partial charge in [0.2, 0.25) is 0 Å². The predicted molar refractivity (Wildman–Crippen MR) is 68.8 cm³/mol. The summed E-state index contributed by atoms with van der Waals surface area (Å²) in [6.07, 6.45) is 0. The highest BCUT2D eigenvalue weighted by Gasteiger charge is 2.27. The van der Waals surface area contributed by atoms with Crippen molar-refractivity contribution in [2.45, 2.75) is 45.6 Å². The third-order valence-corrected chi connectivity index (χ3v) is 3.49. The second-order valence-corrected chi connectivity index (χ2v) is 6.20. The minimum absolute atomic E-state index is 0.0798. The van der Waals surface area contributed by atoms with E-state index < -0.39 is 5.54 Å². The van der Waals surface area contributed by atoms with Crippen LogP contribution in [0, 0.1) is 0 Å². The summed E-state index contributed by atoms with van der Waals surface area (Å²) in [5, 5.41) is 3.04. The van der Waals surface area contributed by atoms with Crippen molar-refractivity contribution in [1.29, 1.82) is 0 Å². The van der Waals surface area contributed by atoms with Gasteiger partial charge in [0.1, 0.15) is 5.01 Å². The number of thiazole rings is 1. The molecule has 0 fully saturated rings. The van der Waals surface area contributed by atoms with Crippen LogP contribution < -0.4 is 5.73 Å². The average Bonchev–Trinajstić information content (AvgIpc) is 2.63. The van der Waals surface area contributed by atoms with Crippen LogP contribution in [0.4, 0.5) is 0 Å². The molecule has 0 aromatic carbocycles. The Morgan fingerprint density at radius 2 is 2.00 bits per heavy atom. The summed E-state index contributed by atoms with van der Waals surface area (Å²) in [5.41, 5.74) is 6.90. The summed E-state index contributed by atoms with van der Waals surface area (Å²) in [6, 6.07) is 0. The number of aromatic nitrogens is 1. The van der Waals surface area contributed by atoms with E-state index in [-0.39, 0.29) is 5.41 Å². The predicted octanol–water partition coefficient (Wildman–Crippen LogP) is 2.65. The van der Waals surface area contributed by atoms with Crippen LogP contribution >= 0.6 is 11.3 Å². The van der Waals surface area contributed by atoms with Crippen molar-refractivity contribution in [1.82, 2.24) is 4.98 Å². The molecule has 3 nitrogen and oxygen atoms in total. The summed E-state index contributed by atoms with van der Waals surface area (Å²) in [7, 11) is 0. The van der Waals surface area contributed by atoms with Gasteiger partial charge in [0.25, 0.3) is 0 Å². The third-order valence-electron chi connectivity index (χ3n) is 2.37. The van der Waals surface area contributed by atoms with Gasteiger partial charge in [-0.2, -0.15) is 0 Å². The minimum Gasteiger partial charge on any atom is -0.379 e. The van der Waals surface area contributed by atoms with Crippen molar-refractivity contribution in [2.24, 2.45) is 5.73 Å². The van der Waals surface area contributed by atoms with E-state index >= 15 is 0 Å². The van der Waals surface area contributed by atoms with Crippen molar-refractivity contribution >= 4 is 11.3 Å². The van der Waals surface area contributed by atoms with Gasteiger partial charge < -0.3 is 10.5 Å². The summed E-state index contributed by atoms with van der Waals surface area (Å²) in [4.78, 5) is 4.62. The van der Waals surface area contributed by atoms with E-state index in [1.807, 2.05) is 13.8 Å². The first-order chi connectivity index (χ1) is 7.27. The van der Waals surface area contributed by atoms with E-state index in [4.69, 9.17) is 10.5 Å². The van der Waals surface area contributed by atoms with Crippen LogP contribution in [-0.2, 0) is 15.7 Å². The molecule has 1 atom stereocenters. The van der Waals surface area contributed by atoms with Gasteiger partial charge in [0, 0.05) is 17.4 Å². The maximum atomic E-state index is 6.20. The molecule has 16 heavy (non-hydrogen) atoms. The van der Waals surface area contributed by atoms with E-state index in [0.29, 0.717) is 13.2 Å². The zero-order valence-electron chi connectivity index (χ0n) is 10.8. The minimum atomic E-state index is -0.482. The van der Waals surface area contributed by atoms with Crippen molar-refractivity contribution < 1.29 is 4.74 Å². The van der Waals surface area contributed by atoms with E-state index in [1.54, 1.807) is 11.3 Å². The highest BCUT2D eigenvalue weighted by Crippen LogP contribution is 2.28. The zero-order chi connectivity index (χ0) is 12.4. The molecule has 2 N–H and O–H groups in total. The van der Waals surface area contributed by atoms with Gasteiger partial charge in [-0.05, 0) is 13.8 Å². The highest BCUT2D eigenvalue weighted by molar-refractivity contribution is 7.09. The second-order valence-electron chi connectivity index (χ2n) is 5.34. The molecule has 0 aliphatic rings.